The van der Waals surface area contributed by atoms with Gasteiger partial charge in [-0.1, -0.05) is 6.92 Å². The van der Waals surface area contributed by atoms with Gasteiger partial charge in [-0.05, 0) is 19.9 Å². The van der Waals surface area contributed by atoms with Crippen LogP contribution in [0.1, 0.15) is 31.0 Å². The van der Waals surface area contributed by atoms with Crippen LogP contribution in [0.25, 0.3) is 0 Å². The van der Waals surface area contributed by atoms with Crippen LogP contribution in [0.15, 0.2) is 6.20 Å². The minimum absolute atomic E-state index is 0.105. The maximum absolute atomic E-state index is 5.67. The minimum atomic E-state index is 0.105. The summed E-state index contributed by atoms with van der Waals surface area (Å²) in [5.74, 6) is 0. The molecule has 1 fully saturated rings. The smallest absolute Gasteiger partial charge is 0.316 e. The fourth-order valence-electron chi connectivity index (χ4n) is 1.86. The Morgan fingerprint density at radius 2 is 2.44 bits per heavy atom. The van der Waals surface area contributed by atoms with Crippen molar-refractivity contribution in [1.82, 2.24) is 15.3 Å². The topological polar surface area (TPSA) is 56.3 Å². The molecule has 1 N–H and O–H groups in total. The zero-order valence-electron chi connectivity index (χ0n) is 11.1. The summed E-state index contributed by atoms with van der Waals surface area (Å²) in [5, 5.41) is 3.34. The lowest BCUT2D eigenvalue weighted by atomic mass is 10.2. The highest BCUT2D eigenvalue weighted by molar-refractivity contribution is 5.17. The summed E-state index contributed by atoms with van der Waals surface area (Å²) in [6, 6.07) is 0.460. The summed E-state index contributed by atoms with van der Waals surface area (Å²) in [4.78, 5) is 8.64. The van der Waals surface area contributed by atoms with E-state index in [1.165, 1.54) is 0 Å². The molecule has 5 nitrogen and oxygen atoms in total. The van der Waals surface area contributed by atoms with Crippen molar-refractivity contribution in [1.29, 1.82) is 0 Å². The Bertz CT molecular complexity index is 378. The molecule has 0 amide bonds. The lowest BCUT2D eigenvalue weighted by Gasteiger charge is -2.11. The van der Waals surface area contributed by atoms with E-state index in [9.17, 15) is 0 Å². The first-order valence-corrected chi connectivity index (χ1v) is 6.57. The summed E-state index contributed by atoms with van der Waals surface area (Å²) >= 11 is 0. The van der Waals surface area contributed by atoms with Gasteiger partial charge < -0.3 is 14.8 Å². The van der Waals surface area contributed by atoms with Crippen LogP contribution >= 0.6 is 0 Å². The van der Waals surface area contributed by atoms with E-state index in [4.69, 9.17) is 9.47 Å². The van der Waals surface area contributed by atoms with Crippen molar-refractivity contribution in [2.75, 3.05) is 19.8 Å². The van der Waals surface area contributed by atoms with Gasteiger partial charge in [0.05, 0.1) is 13.2 Å². The number of nitrogens with one attached hydrogen (secondary N) is 1. The standard InChI is InChI=1S/C13H21N3O2/c1-3-5-14-7-11-8-15-13(16-10(11)2)18-12-4-6-17-9-12/h8,12,14H,3-7,9H2,1-2H3. The molecule has 0 saturated carbocycles. The maximum atomic E-state index is 5.67. The molecular formula is C13H21N3O2. The van der Waals surface area contributed by atoms with Gasteiger partial charge in [0, 0.05) is 30.4 Å². The van der Waals surface area contributed by atoms with Crippen molar-refractivity contribution in [2.45, 2.75) is 39.3 Å². The third kappa shape index (κ3) is 3.65. The van der Waals surface area contributed by atoms with Crippen LogP contribution in [0.2, 0.25) is 0 Å². The fourth-order valence-corrected chi connectivity index (χ4v) is 1.86. The van der Waals surface area contributed by atoms with Crippen molar-refractivity contribution >= 4 is 0 Å². The van der Waals surface area contributed by atoms with Crippen LogP contribution in [-0.4, -0.2) is 35.8 Å². The number of hydrogen-bond donors (Lipinski definition) is 1. The van der Waals surface area contributed by atoms with E-state index in [0.717, 1.165) is 43.8 Å². The van der Waals surface area contributed by atoms with Crippen LogP contribution in [0, 0.1) is 6.92 Å². The Morgan fingerprint density at radius 1 is 1.56 bits per heavy atom. The van der Waals surface area contributed by atoms with Crippen molar-refractivity contribution in [3.05, 3.63) is 17.5 Å². The molecule has 0 aliphatic carbocycles. The van der Waals surface area contributed by atoms with E-state index in [2.05, 4.69) is 22.2 Å². The Labute approximate surface area is 108 Å². The number of aryl methyl sites for hydroxylation is 1. The quantitative estimate of drug-likeness (QED) is 0.776. The summed E-state index contributed by atoms with van der Waals surface area (Å²) in [5.41, 5.74) is 2.10. The van der Waals surface area contributed by atoms with E-state index in [1.807, 2.05) is 13.1 Å². The summed E-state index contributed by atoms with van der Waals surface area (Å²) in [7, 11) is 0. The van der Waals surface area contributed by atoms with E-state index in [-0.39, 0.29) is 6.10 Å². The van der Waals surface area contributed by atoms with Gasteiger partial charge >= 0.3 is 6.01 Å². The first-order valence-electron chi connectivity index (χ1n) is 6.57. The normalized spacial score (nSPS) is 19.1. The van der Waals surface area contributed by atoms with Gasteiger partial charge in [0.1, 0.15) is 6.10 Å². The highest BCUT2D eigenvalue weighted by Crippen LogP contribution is 2.14. The highest BCUT2D eigenvalue weighted by Gasteiger charge is 2.18. The molecule has 0 bridgehead atoms. The highest BCUT2D eigenvalue weighted by atomic mass is 16.6. The molecule has 2 heterocycles. The molecule has 1 aromatic heterocycles. The molecule has 0 radical (unpaired) electrons. The molecule has 1 saturated heterocycles. The molecule has 100 valence electrons. The van der Waals surface area contributed by atoms with Gasteiger partial charge in [0.25, 0.3) is 0 Å². The maximum Gasteiger partial charge on any atom is 0.316 e. The molecule has 1 aliphatic rings. The van der Waals surface area contributed by atoms with Crippen LogP contribution in [0.4, 0.5) is 0 Å². The van der Waals surface area contributed by atoms with Crippen molar-refractivity contribution < 1.29 is 9.47 Å². The van der Waals surface area contributed by atoms with Crippen LogP contribution in [0.5, 0.6) is 6.01 Å². The molecule has 18 heavy (non-hydrogen) atoms. The first-order chi connectivity index (χ1) is 8.79. The van der Waals surface area contributed by atoms with E-state index in [0.29, 0.717) is 12.6 Å². The van der Waals surface area contributed by atoms with Gasteiger partial charge in [-0.2, -0.15) is 0 Å². The lowest BCUT2D eigenvalue weighted by molar-refractivity contribution is 0.134. The third-order valence-electron chi connectivity index (χ3n) is 2.96. The first kappa shape index (κ1) is 13.2. The van der Waals surface area contributed by atoms with E-state index < -0.39 is 0 Å². The fraction of sp³-hybridized carbons (Fsp3) is 0.692. The third-order valence-corrected chi connectivity index (χ3v) is 2.96. The Balaban J connectivity index is 1.91. The lowest BCUT2D eigenvalue weighted by Crippen LogP contribution is -2.19. The monoisotopic (exact) mass is 251 g/mol. The number of hydrogen-bond acceptors (Lipinski definition) is 5. The van der Waals surface area contributed by atoms with Gasteiger partial charge in [0.2, 0.25) is 0 Å². The van der Waals surface area contributed by atoms with Gasteiger partial charge in [-0.15, -0.1) is 0 Å². The second-order valence-electron chi connectivity index (χ2n) is 4.54. The zero-order chi connectivity index (χ0) is 12.8. The number of nitrogens with zero attached hydrogens (tertiary/aromatic N) is 2. The Kier molecular flexibility index (Phi) is 4.90. The molecule has 5 heteroatoms. The van der Waals surface area contributed by atoms with Crippen molar-refractivity contribution in [2.24, 2.45) is 0 Å². The molecule has 1 aliphatic heterocycles. The van der Waals surface area contributed by atoms with Gasteiger partial charge in [0.15, 0.2) is 0 Å². The van der Waals surface area contributed by atoms with Crippen LogP contribution in [-0.2, 0) is 11.3 Å². The van der Waals surface area contributed by atoms with Crippen molar-refractivity contribution in [3.8, 4) is 6.01 Å². The molecule has 1 unspecified atom stereocenters. The summed E-state index contributed by atoms with van der Waals surface area (Å²) in [6.07, 6.45) is 4.00. The van der Waals surface area contributed by atoms with E-state index in [1.54, 1.807) is 0 Å². The molecule has 1 aromatic rings. The second kappa shape index (κ2) is 6.66. The summed E-state index contributed by atoms with van der Waals surface area (Å²) < 4.78 is 10.9. The molecular weight excluding hydrogens is 230 g/mol. The van der Waals surface area contributed by atoms with Crippen LogP contribution in [0.3, 0.4) is 0 Å². The number of aromatic nitrogens is 2. The zero-order valence-corrected chi connectivity index (χ0v) is 11.1. The largest absolute Gasteiger partial charge is 0.458 e. The average Bonchev–Trinajstić information content (AvgIpc) is 2.85. The predicted molar refractivity (Wildman–Crippen MR) is 68.6 cm³/mol. The molecule has 0 spiro atoms. The molecule has 1 atom stereocenters. The average molecular weight is 251 g/mol. The predicted octanol–water partition coefficient (Wildman–Crippen LogP) is 1.45. The van der Waals surface area contributed by atoms with Crippen molar-refractivity contribution in [3.63, 3.8) is 0 Å². The number of ether oxygens (including phenoxy) is 2. The Hall–Kier alpha value is -1.20. The minimum Gasteiger partial charge on any atom is -0.458 e. The second-order valence-corrected chi connectivity index (χ2v) is 4.54. The number of rotatable bonds is 6. The molecule has 2 rings (SSSR count). The van der Waals surface area contributed by atoms with E-state index >= 15 is 0 Å². The SMILES string of the molecule is CCCNCc1cnc(OC2CCOC2)nc1C. The molecule has 0 aromatic carbocycles. The van der Waals surface area contributed by atoms with Gasteiger partial charge in [-0.25, -0.2) is 9.97 Å². The van der Waals surface area contributed by atoms with Crippen LogP contribution < -0.4 is 10.1 Å². The van der Waals surface area contributed by atoms with Gasteiger partial charge in [-0.3, -0.25) is 0 Å². The summed E-state index contributed by atoms with van der Waals surface area (Å²) in [6.45, 7) is 7.37. The Morgan fingerprint density at radius 3 is 3.11 bits per heavy atom.